The number of fused-ring (bicyclic) bond motifs is 1. The second-order valence-electron chi connectivity index (χ2n) is 9.83. The van der Waals surface area contributed by atoms with E-state index in [1.54, 1.807) is 12.1 Å². The molecule has 0 saturated carbocycles. The van der Waals surface area contributed by atoms with Crippen LogP contribution in [0.1, 0.15) is 44.2 Å². The summed E-state index contributed by atoms with van der Waals surface area (Å²) in [6.07, 6.45) is -2.97. The van der Waals surface area contributed by atoms with E-state index in [9.17, 15) is 29.7 Å². The average Bonchev–Trinajstić information content (AvgIpc) is 3.18. The Labute approximate surface area is 207 Å². The number of aliphatic hydroxyl groups is 2. The summed E-state index contributed by atoms with van der Waals surface area (Å²) in [6.45, 7) is 5.52. The summed E-state index contributed by atoms with van der Waals surface area (Å²) < 4.78 is 16.3. The number of esters is 2. The number of ether oxygens (including phenoxy) is 3. The van der Waals surface area contributed by atoms with Crippen molar-refractivity contribution in [2.45, 2.75) is 75.4 Å². The first kappa shape index (κ1) is 25.9. The van der Waals surface area contributed by atoms with Crippen LogP contribution in [0.3, 0.4) is 0 Å². The Kier molecular flexibility index (Phi) is 6.52. The fraction of sp³-hybridized carbons (Fsp3) is 0.560. The number of aliphatic carboxylic acids is 1. The van der Waals surface area contributed by atoms with Crippen molar-refractivity contribution in [1.29, 1.82) is 0 Å². The predicted octanol–water partition coefficient (Wildman–Crippen LogP) is 0.753. The highest BCUT2D eigenvalue weighted by molar-refractivity contribution is 5.84. The van der Waals surface area contributed by atoms with Gasteiger partial charge >= 0.3 is 17.9 Å². The molecule has 1 fully saturated rings. The lowest BCUT2D eigenvalue weighted by Gasteiger charge is -2.58. The SMILES string of the molecule is Cc1ccc(O)c2c1[C@]13CCN(C)[C@H](C)[C@]1(O)CC=C(OC(=O)C[C@H](O)C(=O)O[C@@H](C)C(=O)O)[C@@H]3O2. The van der Waals surface area contributed by atoms with E-state index in [0.717, 1.165) is 12.5 Å². The van der Waals surface area contributed by atoms with Gasteiger partial charge in [0, 0.05) is 18.0 Å². The molecule has 1 aliphatic carbocycles. The van der Waals surface area contributed by atoms with Crippen LogP contribution in [0, 0.1) is 6.92 Å². The molecule has 2 aliphatic heterocycles. The van der Waals surface area contributed by atoms with Crippen molar-refractivity contribution in [3.05, 3.63) is 35.1 Å². The maximum absolute atomic E-state index is 12.7. The summed E-state index contributed by atoms with van der Waals surface area (Å²) in [4.78, 5) is 37.5. The minimum atomic E-state index is -1.93. The van der Waals surface area contributed by atoms with Crippen molar-refractivity contribution in [2.24, 2.45) is 0 Å². The minimum Gasteiger partial charge on any atom is -0.504 e. The summed E-state index contributed by atoms with van der Waals surface area (Å²) in [5.74, 6) is -3.38. The molecule has 196 valence electrons. The van der Waals surface area contributed by atoms with Crippen LogP contribution in [0.4, 0.5) is 0 Å². The molecular formula is C25H31NO10. The molecule has 11 heteroatoms. The molecule has 0 radical (unpaired) electrons. The smallest absolute Gasteiger partial charge is 0.344 e. The number of carbonyl (C=O) groups is 3. The fourth-order valence-electron chi connectivity index (χ4n) is 5.72. The average molecular weight is 506 g/mol. The molecule has 1 spiro atoms. The van der Waals surface area contributed by atoms with Gasteiger partial charge in [-0.05, 0) is 58.5 Å². The lowest BCUT2D eigenvalue weighted by Crippen LogP contribution is -2.71. The molecule has 0 aromatic heterocycles. The number of hydrogen-bond donors (Lipinski definition) is 4. The van der Waals surface area contributed by atoms with Gasteiger partial charge in [-0.15, -0.1) is 0 Å². The molecule has 1 aromatic rings. The van der Waals surface area contributed by atoms with E-state index < -0.39 is 53.7 Å². The number of phenols is 1. The molecule has 1 aromatic carbocycles. The molecule has 0 unspecified atom stereocenters. The zero-order valence-corrected chi connectivity index (χ0v) is 20.6. The van der Waals surface area contributed by atoms with Gasteiger partial charge in [0.1, 0.15) is 5.76 Å². The summed E-state index contributed by atoms with van der Waals surface area (Å²) in [6, 6.07) is 2.98. The van der Waals surface area contributed by atoms with E-state index in [0.29, 0.717) is 18.5 Å². The van der Waals surface area contributed by atoms with Crippen molar-refractivity contribution in [3.8, 4) is 11.5 Å². The number of phenolic OH excluding ortho intramolecular Hbond substituents is 1. The number of piperidine rings is 1. The molecule has 1 saturated heterocycles. The third-order valence-electron chi connectivity index (χ3n) is 7.84. The van der Waals surface area contributed by atoms with Crippen molar-refractivity contribution in [2.75, 3.05) is 13.6 Å². The van der Waals surface area contributed by atoms with E-state index in [1.165, 1.54) is 6.07 Å². The van der Waals surface area contributed by atoms with Gasteiger partial charge in [-0.3, -0.25) is 4.79 Å². The molecular weight excluding hydrogens is 474 g/mol. The minimum absolute atomic E-state index is 0.0929. The van der Waals surface area contributed by atoms with E-state index >= 15 is 0 Å². The molecule has 4 N–H and O–H groups in total. The van der Waals surface area contributed by atoms with Gasteiger partial charge in [-0.2, -0.15) is 0 Å². The van der Waals surface area contributed by atoms with Gasteiger partial charge in [0.15, 0.2) is 29.8 Å². The summed E-state index contributed by atoms with van der Waals surface area (Å²) in [5, 5.41) is 41.6. The zero-order valence-electron chi connectivity index (χ0n) is 20.6. The Bertz CT molecular complexity index is 1130. The Hall–Kier alpha value is -3.15. The van der Waals surface area contributed by atoms with Crippen LogP contribution in [-0.4, -0.2) is 86.8 Å². The van der Waals surface area contributed by atoms with Gasteiger partial charge in [-0.1, -0.05) is 6.07 Å². The monoisotopic (exact) mass is 505 g/mol. The Morgan fingerprint density at radius 1 is 1.31 bits per heavy atom. The highest BCUT2D eigenvalue weighted by Gasteiger charge is 2.69. The normalized spacial score (nSPS) is 30.6. The first-order valence-corrected chi connectivity index (χ1v) is 11.8. The number of nitrogens with zero attached hydrogens (tertiary/aromatic N) is 1. The molecule has 3 aliphatic rings. The number of benzene rings is 1. The Morgan fingerprint density at radius 2 is 2.00 bits per heavy atom. The first-order chi connectivity index (χ1) is 16.8. The number of aliphatic hydroxyl groups excluding tert-OH is 1. The number of likely N-dealkylation sites (tertiary alicyclic amines) is 1. The number of carbonyl (C=O) groups excluding carboxylic acids is 2. The lowest BCUT2D eigenvalue weighted by molar-refractivity contribution is -0.172. The number of carboxylic acids is 1. The highest BCUT2D eigenvalue weighted by atomic mass is 16.6. The summed E-state index contributed by atoms with van der Waals surface area (Å²) >= 11 is 0. The van der Waals surface area contributed by atoms with Gasteiger partial charge in [0.05, 0.1) is 17.4 Å². The summed E-state index contributed by atoms with van der Waals surface area (Å²) in [5.41, 5.74) is -0.835. The van der Waals surface area contributed by atoms with Crippen LogP contribution in [0.15, 0.2) is 24.0 Å². The van der Waals surface area contributed by atoms with Crippen LogP contribution in [-0.2, 0) is 29.3 Å². The van der Waals surface area contributed by atoms with Gasteiger partial charge in [-0.25, -0.2) is 9.59 Å². The maximum Gasteiger partial charge on any atom is 0.344 e. The summed E-state index contributed by atoms with van der Waals surface area (Å²) in [7, 11) is 1.92. The number of rotatable bonds is 6. The number of aromatic hydroxyl groups is 1. The molecule has 2 heterocycles. The van der Waals surface area contributed by atoms with Crippen LogP contribution in [0.2, 0.25) is 0 Å². The second-order valence-corrected chi connectivity index (χ2v) is 9.83. The lowest BCUT2D eigenvalue weighted by atomic mass is 9.54. The third-order valence-corrected chi connectivity index (χ3v) is 7.84. The van der Waals surface area contributed by atoms with Gasteiger partial charge < -0.3 is 39.5 Å². The zero-order chi connectivity index (χ0) is 26.6. The number of carboxylic acid groups (broad SMARTS) is 1. The number of likely N-dealkylation sites (N-methyl/N-ethyl adjacent to an activating group) is 1. The molecule has 0 bridgehead atoms. The third kappa shape index (κ3) is 3.82. The predicted molar refractivity (Wildman–Crippen MR) is 123 cm³/mol. The molecule has 11 nitrogen and oxygen atoms in total. The van der Waals surface area contributed by atoms with Gasteiger partial charge in [0.2, 0.25) is 0 Å². The Morgan fingerprint density at radius 3 is 2.67 bits per heavy atom. The van der Waals surface area contributed by atoms with Crippen molar-refractivity contribution in [1.82, 2.24) is 4.90 Å². The second kappa shape index (κ2) is 9.06. The van der Waals surface area contributed by atoms with Crippen LogP contribution >= 0.6 is 0 Å². The molecule has 6 atom stereocenters. The molecule has 0 amide bonds. The topological polar surface area (TPSA) is 163 Å². The molecule has 4 rings (SSSR count). The van der Waals surface area contributed by atoms with E-state index in [4.69, 9.17) is 14.6 Å². The van der Waals surface area contributed by atoms with E-state index in [-0.39, 0.29) is 29.7 Å². The van der Waals surface area contributed by atoms with Crippen molar-refractivity contribution < 1.29 is 49.0 Å². The Balaban J connectivity index is 1.63. The maximum atomic E-state index is 12.7. The molecule has 36 heavy (non-hydrogen) atoms. The van der Waals surface area contributed by atoms with Crippen molar-refractivity contribution >= 4 is 17.9 Å². The quantitative estimate of drug-likeness (QED) is 0.404. The number of aryl methyl sites for hydroxylation is 1. The van der Waals surface area contributed by atoms with Crippen LogP contribution < -0.4 is 4.74 Å². The van der Waals surface area contributed by atoms with Crippen LogP contribution in [0.25, 0.3) is 0 Å². The van der Waals surface area contributed by atoms with Gasteiger partial charge in [0.25, 0.3) is 0 Å². The number of hydrogen-bond acceptors (Lipinski definition) is 10. The van der Waals surface area contributed by atoms with E-state index in [2.05, 4.69) is 4.74 Å². The fourth-order valence-corrected chi connectivity index (χ4v) is 5.72. The standard InChI is InChI=1S/C25H31NO10/c1-12-5-6-15(27)20-19(12)24-9-10-26(4)14(3)25(24,33)8-7-17(21(24)36-20)35-18(29)11-16(28)23(32)34-13(2)22(30)31/h5-7,13-14,16,21,27-28,33H,8-11H2,1-4H3,(H,30,31)/t13-,14+,16-,21-,24-,25+/m0/s1. The largest absolute Gasteiger partial charge is 0.504 e. The van der Waals surface area contributed by atoms with Crippen LogP contribution in [0.5, 0.6) is 11.5 Å². The first-order valence-electron chi connectivity index (χ1n) is 11.8. The highest BCUT2D eigenvalue weighted by Crippen LogP contribution is 2.62. The van der Waals surface area contributed by atoms with Crippen molar-refractivity contribution in [3.63, 3.8) is 0 Å². The van der Waals surface area contributed by atoms with E-state index in [1.807, 2.05) is 25.8 Å².